The second-order valence-electron chi connectivity index (χ2n) is 1.71. The zero-order chi connectivity index (χ0) is 7.82. The summed E-state index contributed by atoms with van der Waals surface area (Å²) in [6.07, 6.45) is 1.18. The smallest absolute Gasteiger partial charge is 0.235 e. The van der Waals surface area contributed by atoms with Crippen LogP contribution in [0.3, 0.4) is 0 Å². The number of nitrogens with zero attached hydrogens (tertiary/aromatic N) is 1. The van der Waals surface area contributed by atoms with E-state index in [1.54, 1.807) is 6.92 Å². The first-order chi connectivity index (χ1) is 4.81. The lowest BCUT2D eigenvalue weighted by atomic mass is 10.5. The van der Waals surface area contributed by atoms with Crippen LogP contribution in [0.1, 0.15) is 13.3 Å². The highest BCUT2D eigenvalue weighted by atomic mass is 16.6. The molecular formula is C6H11NO3. The molecule has 0 spiro atoms. The summed E-state index contributed by atoms with van der Waals surface area (Å²) in [6, 6.07) is 0. The van der Waals surface area contributed by atoms with Crippen molar-refractivity contribution in [2.75, 3.05) is 13.2 Å². The predicted octanol–water partition coefficient (Wildman–Crippen LogP) is 0.0672. The average molecular weight is 145 g/mol. The molecular weight excluding hydrogens is 134 g/mol. The van der Waals surface area contributed by atoms with Crippen molar-refractivity contribution in [3.05, 3.63) is 0 Å². The monoisotopic (exact) mass is 145 g/mol. The molecule has 58 valence electrons. The first kappa shape index (κ1) is 9.30. The minimum Gasteiger partial charge on any atom is -0.368 e. The summed E-state index contributed by atoms with van der Waals surface area (Å²) in [5.74, 6) is 0. The molecule has 1 unspecified atom stereocenters. The lowest BCUT2D eigenvalue weighted by Gasteiger charge is -2.06. The fourth-order valence-corrected chi connectivity index (χ4v) is 0.398. The third kappa shape index (κ3) is 5.44. The maximum atomic E-state index is 9.51. The third-order valence-electron chi connectivity index (χ3n) is 0.927. The van der Waals surface area contributed by atoms with Crippen LogP contribution in [0.2, 0.25) is 0 Å². The van der Waals surface area contributed by atoms with Crippen molar-refractivity contribution in [2.45, 2.75) is 19.6 Å². The molecule has 0 saturated carbocycles. The molecule has 1 N–H and O–H groups in total. The van der Waals surface area contributed by atoms with E-state index in [0.29, 0.717) is 6.42 Å². The van der Waals surface area contributed by atoms with Crippen molar-refractivity contribution in [2.24, 2.45) is 4.99 Å². The molecule has 0 heterocycles. The molecule has 0 aliphatic rings. The predicted molar refractivity (Wildman–Crippen MR) is 35.2 cm³/mol. The Morgan fingerprint density at radius 3 is 3.00 bits per heavy atom. The summed E-state index contributed by atoms with van der Waals surface area (Å²) >= 11 is 0. The standard InChI is InChI=1S/C6H11NO3/c1-2-6(9)10-4-3-7-5-8/h6,9H,2-4H2,1H3. The molecule has 0 aliphatic heterocycles. The largest absolute Gasteiger partial charge is 0.368 e. The van der Waals surface area contributed by atoms with Crippen molar-refractivity contribution < 1.29 is 14.6 Å². The molecule has 0 aromatic heterocycles. The molecule has 4 heteroatoms. The van der Waals surface area contributed by atoms with E-state index in [1.165, 1.54) is 6.08 Å². The minimum atomic E-state index is -0.734. The van der Waals surface area contributed by atoms with Gasteiger partial charge in [-0.05, 0) is 6.42 Å². The summed E-state index contributed by atoms with van der Waals surface area (Å²) in [7, 11) is 0. The Labute approximate surface area is 59.5 Å². The molecule has 0 aromatic rings. The lowest BCUT2D eigenvalue weighted by Crippen LogP contribution is -2.12. The molecule has 0 radical (unpaired) electrons. The van der Waals surface area contributed by atoms with E-state index in [9.17, 15) is 4.79 Å². The van der Waals surface area contributed by atoms with Gasteiger partial charge in [-0.1, -0.05) is 6.92 Å². The Hall–Kier alpha value is -0.700. The average Bonchev–Trinajstić information content (AvgIpc) is 1.98. The molecule has 0 amide bonds. The number of aliphatic imine (C=N–C) groups is 1. The first-order valence-electron chi connectivity index (χ1n) is 3.14. The third-order valence-corrected chi connectivity index (χ3v) is 0.927. The van der Waals surface area contributed by atoms with E-state index < -0.39 is 6.29 Å². The number of hydrogen-bond donors (Lipinski definition) is 1. The molecule has 0 rings (SSSR count). The van der Waals surface area contributed by atoms with Gasteiger partial charge >= 0.3 is 0 Å². The van der Waals surface area contributed by atoms with Gasteiger partial charge in [0.15, 0.2) is 6.29 Å². The molecule has 0 aromatic carbocycles. The van der Waals surface area contributed by atoms with Gasteiger partial charge < -0.3 is 9.84 Å². The molecule has 10 heavy (non-hydrogen) atoms. The van der Waals surface area contributed by atoms with E-state index >= 15 is 0 Å². The summed E-state index contributed by atoms with van der Waals surface area (Å²) in [4.78, 5) is 12.7. The molecule has 0 saturated heterocycles. The van der Waals surface area contributed by atoms with Crippen LogP contribution in [0.25, 0.3) is 0 Å². The fraction of sp³-hybridized carbons (Fsp3) is 0.833. The molecule has 0 aliphatic carbocycles. The summed E-state index contributed by atoms with van der Waals surface area (Å²) < 4.78 is 4.78. The minimum absolute atomic E-state index is 0.264. The topological polar surface area (TPSA) is 58.9 Å². The van der Waals surface area contributed by atoms with E-state index in [1.807, 2.05) is 0 Å². The van der Waals surface area contributed by atoms with E-state index in [2.05, 4.69) is 4.99 Å². The second-order valence-corrected chi connectivity index (χ2v) is 1.71. The van der Waals surface area contributed by atoms with Gasteiger partial charge in [-0.3, -0.25) is 0 Å². The van der Waals surface area contributed by atoms with Crippen molar-refractivity contribution in [1.29, 1.82) is 0 Å². The molecule has 1 atom stereocenters. The van der Waals surface area contributed by atoms with Gasteiger partial charge in [-0.2, -0.15) is 0 Å². The van der Waals surface area contributed by atoms with Gasteiger partial charge in [0.2, 0.25) is 6.08 Å². The van der Waals surface area contributed by atoms with Gasteiger partial charge in [0.25, 0.3) is 0 Å². The van der Waals surface area contributed by atoms with Crippen LogP contribution in [0.4, 0.5) is 0 Å². The van der Waals surface area contributed by atoms with E-state index in [-0.39, 0.29) is 13.2 Å². The summed E-state index contributed by atoms with van der Waals surface area (Å²) in [6.45, 7) is 2.33. The number of hydrogen-bond acceptors (Lipinski definition) is 4. The van der Waals surface area contributed by atoms with Crippen LogP contribution >= 0.6 is 0 Å². The Balaban J connectivity index is 3.10. The van der Waals surface area contributed by atoms with Gasteiger partial charge in [-0.15, -0.1) is 0 Å². The maximum Gasteiger partial charge on any atom is 0.235 e. The Bertz CT molecular complexity index is 120. The van der Waals surface area contributed by atoms with Crippen molar-refractivity contribution in [3.63, 3.8) is 0 Å². The fourth-order valence-electron chi connectivity index (χ4n) is 0.398. The first-order valence-corrected chi connectivity index (χ1v) is 3.14. The van der Waals surface area contributed by atoms with Crippen molar-refractivity contribution >= 4 is 6.08 Å². The highest BCUT2D eigenvalue weighted by Crippen LogP contribution is 1.90. The zero-order valence-corrected chi connectivity index (χ0v) is 5.91. The highest BCUT2D eigenvalue weighted by molar-refractivity contribution is 5.32. The van der Waals surface area contributed by atoms with Gasteiger partial charge in [0, 0.05) is 0 Å². The number of isocyanates is 1. The molecule has 0 bridgehead atoms. The van der Waals surface area contributed by atoms with Crippen LogP contribution in [0.5, 0.6) is 0 Å². The summed E-state index contributed by atoms with van der Waals surface area (Å²) in [5, 5.41) is 8.79. The molecule has 4 nitrogen and oxygen atoms in total. The Morgan fingerprint density at radius 1 is 1.80 bits per heavy atom. The van der Waals surface area contributed by atoms with Crippen LogP contribution < -0.4 is 0 Å². The number of rotatable bonds is 5. The summed E-state index contributed by atoms with van der Waals surface area (Å²) in [5.41, 5.74) is 0. The number of ether oxygens (including phenoxy) is 1. The van der Waals surface area contributed by atoms with Crippen molar-refractivity contribution in [3.8, 4) is 0 Å². The Kier molecular flexibility index (Phi) is 5.97. The van der Waals surface area contributed by atoms with Gasteiger partial charge in [0.1, 0.15) is 0 Å². The van der Waals surface area contributed by atoms with E-state index in [4.69, 9.17) is 9.84 Å². The van der Waals surface area contributed by atoms with Crippen LogP contribution in [-0.4, -0.2) is 30.6 Å². The maximum absolute atomic E-state index is 9.51. The number of aliphatic hydroxyl groups excluding tert-OH is 1. The van der Waals surface area contributed by atoms with Crippen molar-refractivity contribution in [1.82, 2.24) is 0 Å². The van der Waals surface area contributed by atoms with E-state index in [0.717, 1.165) is 0 Å². The SMILES string of the molecule is CCC(O)OCCN=C=O. The number of carbonyl (C=O) groups excluding carboxylic acids is 1. The zero-order valence-electron chi connectivity index (χ0n) is 5.91. The van der Waals surface area contributed by atoms with Gasteiger partial charge in [0.05, 0.1) is 13.2 Å². The quantitative estimate of drug-likeness (QED) is 0.258. The lowest BCUT2D eigenvalue weighted by molar-refractivity contribution is -0.0970. The van der Waals surface area contributed by atoms with Crippen LogP contribution in [0, 0.1) is 0 Å². The normalized spacial score (nSPS) is 12.2. The number of aliphatic hydroxyl groups is 1. The Morgan fingerprint density at radius 2 is 2.50 bits per heavy atom. The highest BCUT2D eigenvalue weighted by Gasteiger charge is 1.96. The van der Waals surface area contributed by atoms with Crippen LogP contribution in [-0.2, 0) is 9.53 Å². The molecule has 0 fully saturated rings. The van der Waals surface area contributed by atoms with Crippen LogP contribution in [0.15, 0.2) is 4.99 Å². The van der Waals surface area contributed by atoms with Gasteiger partial charge in [-0.25, -0.2) is 9.79 Å². The second kappa shape index (κ2) is 6.42.